The Morgan fingerprint density at radius 3 is 2.79 bits per heavy atom. The number of benzene rings is 2. The third kappa shape index (κ3) is 3.32. The second-order valence-electron chi connectivity index (χ2n) is 5.09. The Hall–Kier alpha value is -2.64. The summed E-state index contributed by atoms with van der Waals surface area (Å²) >= 11 is 1.59. The molecule has 0 aliphatic carbocycles. The maximum atomic E-state index is 11.4. The first-order valence-electron chi connectivity index (χ1n) is 7.23. The Morgan fingerprint density at radius 2 is 2.08 bits per heavy atom. The summed E-state index contributed by atoms with van der Waals surface area (Å²) in [5, 5.41) is 11.1. The molecule has 0 fully saturated rings. The summed E-state index contributed by atoms with van der Waals surface area (Å²) in [5.74, 6) is 0.633. The molecule has 0 spiro atoms. The van der Waals surface area contributed by atoms with Crippen molar-refractivity contribution in [1.82, 2.24) is 4.98 Å². The molecule has 24 heavy (non-hydrogen) atoms. The molecule has 2 aromatic carbocycles. The Labute approximate surface area is 142 Å². The summed E-state index contributed by atoms with van der Waals surface area (Å²) in [6.45, 7) is 2.13. The number of nitrogens with zero attached hydrogens (tertiary/aromatic N) is 2. The second-order valence-corrected chi connectivity index (χ2v) is 6.21. The summed E-state index contributed by atoms with van der Waals surface area (Å²) < 4.78 is 11.4. The lowest BCUT2D eigenvalue weighted by Gasteiger charge is -2.16. The van der Waals surface area contributed by atoms with E-state index in [4.69, 9.17) is 4.74 Å². The number of thiazole rings is 1. The van der Waals surface area contributed by atoms with Crippen molar-refractivity contribution < 1.29 is 19.5 Å². The number of fused-ring (bicyclic) bond motifs is 1. The molecule has 7 heteroatoms. The van der Waals surface area contributed by atoms with Crippen LogP contribution in [-0.4, -0.2) is 23.4 Å². The third-order valence-electron chi connectivity index (χ3n) is 3.44. The van der Waals surface area contributed by atoms with Crippen molar-refractivity contribution in [1.29, 1.82) is 0 Å². The molecule has 1 aromatic heterocycles. The number of carbonyl (C=O) groups excluding carboxylic acids is 1. The first-order chi connectivity index (χ1) is 11.6. The van der Waals surface area contributed by atoms with Crippen LogP contribution in [-0.2, 0) is 11.3 Å². The highest BCUT2D eigenvalue weighted by Crippen LogP contribution is 2.26. The molecule has 0 bridgehead atoms. The number of amides is 1. The molecular weight excluding hydrogens is 328 g/mol. The highest BCUT2D eigenvalue weighted by Gasteiger charge is 2.16. The summed E-state index contributed by atoms with van der Waals surface area (Å²) in [4.78, 5) is 15.9. The molecule has 0 saturated carbocycles. The largest absolute Gasteiger partial charge is 0.486 e. The fraction of sp³-hybridized carbons (Fsp3) is 0.176. The van der Waals surface area contributed by atoms with Gasteiger partial charge in [-0.05, 0) is 42.8 Å². The standard InChI is InChI=1S/C17H16N2O4S/c1-11-9-12(7-8-14(11)19(21)17(20)22-2)23-10-16-18-13-5-3-4-6-15(13)24-16/h3-9,21H,10H2,1-2H3. The van der Waals surface area contributed by atoms with Gasteiger partial charge in [0, 0.05) is 0 Å². The molecule has 0 atom stereocenters. The number of ether oxygens (including phenoxy) is 2. The normalized spacial score (nSPS) is 10.6. The molecule has 0 saturated heterocycles. The molecule has 6 nitrogen and oxygen atoms in total. The van der Waals surface area contributed by atoms with E-state index in [0.717, 1.165) is 15.2 Å². The van der Waals surface area contributed by atoms with Crippen molar-refractivity contribution in [3.63, 3.8) is 0 Å². The quantitative estimate of drug-likeness (QED) is 0.569. The minimum atomic E-state index is -0.846. The molecule has 0 unspecified atom stereocenters. The van der Waals surface area contributed by atoms with Gasteiger partial charge in [0.1, 0.15) is 17.4 Å². The van der Waals surface area contributed by atoms with E-state index in [1.165, 1.54) is 7.11 Å². The summed E-state index contributed by atoms with van der Waals surface area (Å²) in [7, 11) is 1.20. The van der Waals surface area contributed by atoms with E-state index in [2.05, 4.69) is 9.72 Å². The molecule has 1 amide bonds. The van der Waals surface area contributed by atoms with Crippen LogP contribution in [0.4, 0.5) is 10.5 Å². The number of carbonyl (C=O) groups is 1. The SMILES string of the molecule is COC(=O)N(O)c1ccc(OCc2nc3ccccc3s2)cc1C. The van der Waals surface area contributed by atoms with Gasteiger partial charge >= 0.3 is 6.09 Å². The van der Waals surface area contributed by atoms with Gasteiger partial charge in [-0.2, -0.15) is 5.06 Å². The number of aryl methyl sites for hydroxylation is 1. The van der Waals surface area contributed by atoms with Crippen LogP contribution in [0.25, 0.3) is 10.2 Å². The van der Waals surface area contributed by atoms with Crippen molar-refractivity contribution in [2.24, 2.45) is 0 Å². The lowest BCUT2D eigenvalue weighted by Crippen LogP contribution is -2.27. The molecule has 0 aliphatic heterocycles. The maximum absolute atomic E-state index is 11.4. The molecular formula is C17H16N2O4S. The van der Waals surface area contributed by atoms with Gasteiger partial charge in [0.05, 0.1) is 23.0 Å². The number of hydroxylamine groups is 1. The minimum Gasteiger partial charge on any atom is -0.486 e. The van der Waals surface area contributed by atoms with Gasteiger partial charge < -0.3 is 9.47 Å². The number of anilines is 1. The zero-order chi connectivity index (χ0) is 17.1. The van der Waals surface area contributed by atoms with Crippen LogP contribution in [0.3, 0.4) is 0 Å². The fourth-order valence-electron chi connectivity index (χ4n) is 2.27. The number of hydrogen-bond donors (Lipinski definition) is 1. The average molecular weight is 344 g/mol. The lowest BCUT2D eigenvalue weighted by atomic mass is 10.2. The van der Waals surface area contributed by atoms with Gasteiger partial charge in [-0.3, -0.25) is 5.21 Å². The first kappa shape index (κ1) is 16.2. The van der Waals surface area contributed by atoms with E-state index < -0.39 is 6.09 Å². The topological polar surface area (TPSA) is 71.9 Å². The van der Waals surface area contributed by atoms with Gasteiger partial charge in [-0.15, -0.1) is 11.3 Å². The van der Waals surface area contributed by atoms with Gasteiger partial charge in [0.15, 0.2) is 0 Å². The zero-order valence-electron chi connectivity index (χ0n) is 13.2. The summed E-state index contributed by atoms with van der Waals surface area (Å²) in [6, 6.07) is 13.0. The monoisotopic (exact) mass is 344 g/mol. The van der Waals surface area contributed by atoms with Crippen LogP contribution in [0.15, 0.2) is 42.5 Å². The summed E-state index contributed by atoms with van der Waals surface area (Å²) in [6.07, 6.45) is -0.846. The molecule has 3 rings (SSSR count). The van der Waals surface area contributed by atoms with Gasteiger partial charge in [0.2, 0.25) is 0 Å². The molecule has 0 radical (unpaired) electrons. The Balaban J connectivity index is 1.71. The van der Waals surface area contributed by atoms with E-state index in [0.29, 0.717) is 28.7 Å². The molecule has 124 valence electrons. The first-order valence-corrected chi connectivity index (χ1v) is 8.05. The van der Waals surface area contributed by atoms with Crippen LogP contribution in [0.5, 0.6) is 5.75 Å². The number of hydrogen-bond acceptors (Lipinski definition) is 6. The molecule has 1 N–H and O–H groups in total. The lowest BCUT2D eigenvalue weighted by molar-refractivity contribution is 0.140. The second kappa shape index (κ2) is 6.86. The molecule has 3 aromatic rings. The van der Waals surface area contributed by atoms with Crippen LogP contribution >= 0.6 is 11.3 Å². The Morgan fingerprint density at radius 1 is 1.29 bits per heavy atom. The maximum Gasteiger partial charge on any atom is 0.438 e. The number of aromatic nitrogens is 1. The smallest absolute Gasteiger partial charge is 0.438 e. The predicted molar refractivity (Wildman–Crippen MR) is 91.8 cm³/mol. The van der Waals surface area contributed by atoms with Crippen molar-refractivity contribution in [2.75, 3.05) is 12.2 Å². The fourth-order valence-corrected chi connectivity index (χ4v) is 3.15. The van der Waals surface area contributed by atoms with E-state index in [-0.39, 0.29) is 0 Å². The summed E-state index contributed by atoms with van der Waals surface area (Å²) in [5.41, 5.74) is 1.99. The minimum absolute atomic E-state index is 0.342. The Kier molecular flexibility index (Phi) is 4.64. The van der Waals surface area contributed by atoms with Crippen molar-refractivity contribution in [3.05, 3.63) is 53.0 Å². The van der Waals surface area contributed by atoms with Crippen molar-refractivity contribution >= 4 is 33.3 Å². The van der Waals surface area contributed by atoms with E-state index in [9.17, 15) is 10.0 Å². The number of methoxy groups -OCH3 is 1. The Bertz CT molecular complexity index is 845. The zero-order valence-corrected chi connectivity index (χ0v) is 14.0. The van der Waals surface area contributed by atoms with E-state index in [1.807, 2.05) is 24.3 Å². The average Bonchev–Trinajstić information content (AvgIpc) is 3.01. The van der Waals surface area contributed by atoms with Gasteiger partial charge in [-0.1, -0.05) is 12.1 Å². The molecule has 1 heterocycles. The van der Waals surface area contributed by atoms with E-state index in [1.54, 1.807) is 36.5 Å². The highest BCUT2D eigenvalue weighted by molar-refractivity contribution is 7.18. The van der Waals surface area contributed by atoms with E-state index >= 15 is 0 Å². The van der Waals surface area contributed by atoms with Crippen LogP contribution in [0, 0.1) is 6.92 Å². The van der Waals surface area contributed by atoms with Crippen molar-refractivity contribution in [2.45, 2.75) is 13.5 Å². The van der Waals surface area contributed by atoms with Gasteiger partial charge in [-0.25, -0.2) is 9.78 Å². The van der Waals surface area contributed by atoms with Crippen LogP contribution < -0.4 is 9.80 Å². The highest BCUT2D eigenvalue weighted by atomic mass is 32.1. The van der Waals surface area contributed by atoms with Crippen LogP contribution in [0.1, 0.15) is 10.6 Å². The predicted octanol–water partition coefficient (Wildman–Crippen LogP) is 4.15. The van der Waals surface area contributed by atoms with Gasteiger partial charge in [0.25, 0.3) is 0 Å². The number of rotatable bonds is 4. The van der Waals surface area contributed by atoms with Crippen LogP contribution in [0.2, 0.25) is 0 Å². The third-order valence-corrected chi connectivity index (χ3v) is 4.45. The molecule has 0 aliphatic rings. The van der Waals surface area contributed by atoms with Crippen molar-refractivity contribution in [3.8, 4) is 5.75 Å². The number of para-hydroxylation sites is 1.